The van der Waals surface area contributed by atoms with E-state index >= 15 is 0 Å². The molecule has 8 nitrogen and oxygen atoms in total. The van der Waals surface area contributed by atoms with Crippen molar-refractivity contribution in [2.45, 2.75) is 45.6 Å². The van der Waals surface area contributed by atoms with E-state index in [2.05, 4.69) is 4.90 Å². The summed E-state index contributed by atoms with van der Waals surface area (Å²) in [6.45, 7) is 12.0. The molecule has 9 heteroatoms. The summed E-state index contributed by atoms with van der Waals surface area (Å²) in [6.07, 6.45) is 0. The molecule has 3 aromatic carbocycles. The highest BCUT2D eigenvalue weighted by molar-refractivity contribution is 7.89. The number of fused-ring (bicyclic) bond motifs is 1. The van der Waals surface area contributed by atoms with Gasteiger partial charge in [0, 0.05) is 26.2 Å². The van der Waals surface area contributed by atoms with E-state index in [0.717, 1.165) is 22.4 Å². The van der Waals surface area contributed by atoms with Gasteiger partial charge in [-0.3, -0.25) is 14.3 Å². The van der Waals surface area contributed by atoms with Crippen LogP contribution in [0.3, 0.4) is 0 Å². The summed E-state index contributed by atoms with van der Waals surface area (Å²) in [5.41, 5.74) is 3.81. The van der Waals surface area contributed by atoms with E-state index < -0.39 is 10.0 Å². The number of benzene rings is 3. The Hall–Kier alpha value is -3.53. The molecule has 0 radical (unpaired) electrons. The van der Waals surface area contributed by atoms with Crippen LogP contribution in [0, 0.1) is 20.8 Å². The van der Waals surface area contributed by atoms with Crippen LogP contribution in [0.5, 0.6) is 5.75 Å². The lowest BCUT2D eigenvalue weighted by Gasteiger charge is -2.38. The summed E-state index contributed by atoms with van der Waals surface area (Å²) in [7, 11) is -3.63. The second-order valence-electron chi connectivity index (χ2n) is 10.4. The molecule has 40 heavy (non-hydrogen) atoms. The summed E-state index contributed by atoms with van der Waals surface area (Å²) in [5, 5.41) is 0.548. The van der Waals surface area contributed by atoms with Crippen molar-refractivity contribution in [3.63, 3.8) is 0 Å². The molecule has 0 saturated carbocycles. The Labute approximate surface area is 235 Å². The maximum absolute atomic E-state index is 13.8. The first-order valence-corrected chi connectivity index (χ1v) is 15.1. The van der Waals surface area contributed by atoms with Gasteiger partial charge in [0.1, 0.15) is 11.6 Å². The number of para-hydroxylation sites is 1. The van der Waals surface area contributed by atoms with Gasteiger partial charge in [0.05, 0.1) is 34.1 Å². The molecular formula is C31H36N4O4S. The van der Waals surface area contributed by atoms with Crippen LogP contribution in [-0.2, 0) is 10.0 Å². The number of nitrogens with zero attached hydrogens (tertiary/aromatic N) is 4. The van der Waals surface area contributed by atoms with Gasteiger partial charge in [-0.2, -0.15) is 4.31 Å². The van der Waals surface area contributed by atoms with Gasteiger partial charge >= 0.3 is 0 Å². The van der Waals surface area contributed by atoms with Crippen molar-refractivity contribution in [2.24, 2.45) is 0 Å². The lowest BCUT2D eigenvalue weighted by molar-refractivity contribution is 0.139. The van der Waals surface area contributed by atoms with E-state index in [9.17, 15) is 13.2 Å². The predicted molar refractivity (Wildman–Crippen MR) is 158 cm³/mol. The summed E-state index contributed by atoms with van der Waals surface area (Å²) in [5.74, 6) is 1.36. The molecular weight excluding hydrogens is 524 g/mol. The van der Waals surface area contributed by atoms with Crippen LogP contribution in [0.2, 0.25) is 0 Å². The average Bonchev–Trinajstić information content (AvgIpc) is 2.93. The average molecular weight is 561 g/mol. The molecule has 0 bridgehead atoms. The third kappa shape index (κ3) is 5.16. The van der Waals surface area contributed by atoms with Gasteiger partial charge in [-0.1, -0.05) is 29.8 Å². The van der Waals surface area contributed by atoms with Crippen molar-refractivity contribution >= 4 is 20.9 Å². The van der Waals surface area contributed by atoms with Crippen molar-refractivity contribution in [3.05, 3.63) is 93.5 Å². The first kappa shape index (κ1) is 28.0. The van der Waals surface area contributed by atoms with Crippen LogP contribution in [0.25, 0.3) is 16.6 Å². The van der Waals surface area contributed by atoms with Gasteiger partial charge in [0.2, 0.25) is 10.0 Å². The van der Waals surface area contributed by atoms with E-state index in [1.807, 2.05) is 89.2 Å². The number of ether oxygens (including phenoxy) is 1. The van der Waals surface area contributed by atoms with Gasteiger partial charge in [-0.25, -0.2) is 13.4 Å². The fourth-order valence-corrected chi connectivity index (χ4v) is 7.57. The number of piperazine rings is 1. The molecule has 0 N–H and O–H groups in total. The van der Waals surface area contributed by atoms with Crippen LogP contribution < -0.4 is 10.3 Å². The largest absolute Gasteiger partial charge is 0.494 e. The predicted octanol–water partition coefficient (Wildman–Crippen LogP) is 4.78. The summed E-state index contributed by atoms with van der Waals surface area (Å²) in [6, 6.07) is 18.4. The smallest absolute Gasteiger partial charge is 0.266 e. The minimum Gasteiger partial charge on any atom is -0.494 e. The van der Waals surface area contributed by atoms with E-state index in [-0.39, 0.29) is 11.6 Å². The molecule has 210 valence electrons. The number of hydrogen-bond acceptors (Lipinski definition) is 6. The van der Waals surface area contributed by atoms with Gasteiger partial charge in [-0.15, -0.1) is 0 Å². The highest BCUT2D eigenvalue weighted by Crippen LogP contribution is 2.29. The highest BCUT2D eigenvalue weighted by atomic mass is 32.2. The van der Waals surface area contributed by atoms with Crippen LogP contribution in [0.15, 0.2) is 70.4 Å². The molecule has 0 amide bonds. The molecule has 4 aromatic rings. The molecule has 1 aliphatic rings. The fourth-order valence-electron chi connectivity index (χ4n) is 5.74. The monoisotopic (exact) mass is 560 g/mol. The normalized spacial score (nSPS) is 15.8. The molecule has 0 aliphatic carbocycles. The van der Waals surface area contributed by atoms with Gasteiger partial charge in [-0.05, 0) is 82.1 Å². The maximum atomic E-state index is 13.8. The first-order chi connectivity index (χ1) is 19.1. The topological polar surface area (TPSA) is 84.7 Å². The number of aromatic nitrogens is 2. The Kier molecular flexibility index (Phi) is 7.81. The molecule has 1 aliphatic heterocycles. The number of sulfonamides is 1. The first-order valence-electron chi connectivity index (χ1n) is 13.7. The fraction of sp³-hybridized carbons (Fsp3) is 0.355. The Morgan fingerprint density at radius 1 is 0.925 bits per heavy atom. The zero-order chi connectivity index (χ0) is 28.6. The lowest BCUT2D eigenvalue weighted by atomic mass is 10.1. The SMILES string of the molecule is CCOc1ccc(-n2c(C(C)N3CCN(S(=O)(=O)c4c(C)cc(C)cc4C)CC3)nc3ccccc3c2=O)cc1. The minimum atomic E-state index is -3.63. The zero-order valence-electron chi connectivity index (χ0n) is 23.7. The van der Waals surface area contributed by atoms with Gasteiger partial charge in [0.15, 0.2) is 0 Å². The number of aryl methyl sites for hydroxylation is 3. The van der Waals surface area contributed by atoms with Crippen LogP contribution in [0.1, 0.15) is 42.4 Å². The van der Waals surface area contributed by atoms with Crippen molar-refractivity contribution < 1.29 is 13.2 Å². The van der Waals surface area contributed by atoms with Crippen molar-refractivity contribution in [1.29, 1.82) is 0 Å². The summed E-state index contributed by atoms with van der Waals surface area (Å²) < 4.78 is 36.1. The van der Waals surface area contributed by atoms with E-state index in [1.165, 1.54) is 0 Å². The van der Waals surface area contributed by atoms with Crippen LogP contribution >= 0.6 is 0 Å². The Balaban J connectivity index is 1.46. The summed E-state index contributed by atoms with van der Waals surface area (Å²) >= 11 is 0. The molecule has 1 saturated heterocycles. The summed E-state index contributed by atoms with van der Waals surface area (Å²) in [4.78, 5) is 21.3. The zero-order valence-corrected chi connectivity index (χ0v) is 24.5. The van der Waals surface area contributed by atoms with Gasteiger partial charge in [0.25, 0.3) is 5.56 Å². The van der Waals surface area contributed by atoms with Crippen molar-refractivity contribution in [1.82, 2.24) is 18.8 Å². The Bertz CT molecular complexity index is 1680. The Morgan fingerprint density at radius 3 is 2.17 bits per heavy atom. The van der Waals surface area contributed by atoms with E-state index in [1.54, 1.807) is 14.9 Å². The van der Waals surface area contributed by atoms with E-state index in [0.29, 0.717) is 60.1 Å². The second-order valence-corrected chi connectivity index (χ2v) is 12.3. The molecule has 5 rings (SSSR count). The molecule has 0 spiro atoms. The molecule has 1 aromatic heterocycles. The van der Waals surface area contributed by atoms with Crippen LogP contribution in [-0.4, -0.2) is 60.0 Å². The lowest BCUT2D eigenvalue weighted by Crippen LogP contribution is -2.50. The quantitative estimate of drug-likeness (QED) is 0.324. The van der Waals surface area contributed by atoms with E-state index in [4.69, 9.17) is 9.72 Å². The van der Waals surface area contributed by atoms with Crippen LogP contribution in [0.4, 0.5) is 0 Å². The molecule has 1 atom stereocenters. The minimum absolute atomic E-state index is 0.136. The second kappa shape index (κ2) is 11.2. The molecule has 1 unspecified atom stereocenters. The standard InChI is InChI=1S/C31H36N4O4S/c1-6-39-26-13-11-25(12-14-26)35-30(32-28-10-8-7-9-27(28)31(35)36)24(5)33-15-17-34(18-16-33)40(37,38)29-22(3)19-21(2)20-23(29)4/h7-14,19-20,24H,6,15-18H2,1-5H3. The molecule has 2 heterocycles. The number of rotatable bonds is 7. The van der Waals surface area contributed by atoms with Crippen molar-refractivity contribution in [2.75, 3.05) is 32.8 Å². The number of hydrogen-bond donors (Lipinski definition) is 0. The van der Waals surface area contributed by atoms with Gasteiger partial charge < -0.3 is 4.74 Å². The third-order valence-corrected chi connectivity index (χ3v) is 9.81. The maximum Gasteiger partial charge on any atom is 0.266 e. The third-order valence-electron chi connectivity index (χ3n) is 7.60. The highest BCUT2D eigenvalue weighted by Gasteiger charge is 2.33. The Morgan fingerprint density at radius 2 is 1.55 bits per heavy atom. The molecule has 1 fully saturated rings. The van der Waals surface area contributed by atoms with Crippen molar-refractivity contribution in [3.8, 4) is 11.4 Å².